The Bertz CT molecular complexity index is 734. The average molecular weight is 503 g/mol. The SMILES string of the molecule is C=CCN(C(=O)C1N([C@H](C)CO)C(=O)[C@@H]2[C@@H](C(=O)OCC)[C@@H]3SC12CC3Br)C(C)C. The highest BCUT2D eigenvalue weighted by Crippen LogP contribution is 2.68. The number of carbonyl (C=O) groups excluding carboxylic acids is 3. The van der Waals surface area contributed by atoms with E-state index in [0.29, 0.717) is 13.0 Å². The lowest BCUT2D eigenvalue weighted by atomic mass is 9.71. The molecule has 0 aromatic carbocycles. The molecule has 3 unspecified atom stereocenters. The molecule has 3 fully saturated rings. The van der Waals surface area contributed by atoms with E-state index in [4.69, 9.17) is 4.74 Å². The minimum atomic E-state index is -0.742. The summed E-state index contributed by atoms with van der Waals surface area (Å²) in [6, 6.07) is -1.34. The van der Waals surface area contributed by atoms with Gasteiger partial charge < -0.3 is 19.6 Å². The summed E-state index contributed by atoms with van der Waals surface area (Å²) < 4.78 is 4.60. The Kier molecular flexibility index (Phi) is 6.94. The van der Waals surface area contributed by atoms with Gasteiger partial charge in [-0.05, 0) is 34.1 Å². The second-order valence-electron chi connectivity index (χ2n) is 8.57. The van der Waals surface area contributed by atoms with Crippen molar-refractivity contribution in [3.8, 4) is 0 Å². The molecule has 3 aliphatic rings. The summed E-state index contributed by atoms with van der Waals surface area (Å²) in [6.45, 7) is 11.5. The van der Waals surface area contributed by atoms with Crippen LogP contribution in [-0.4, -0.2) is 85.4 Å². The van der Waals surface area contributed by atoms with Crippen molar-refractivity contribution >= 4 is 45.5 Å². The van der Waals surface area contributed by atoms with Crippen molar-refractivity contribution in [1.29, 1.82) is 0 Å². The lowest BCUT2D eigenvalue weighted by Crippen LogP contribution is -2.58. The maximum atomic E-state index is 13.8. The summed E-state index contributed by atoms with van der Waals surface area (Å²) in [5.74, 6) is -1.99. The van der Waals surface area contributed by atoms with E-state index < -0.39 is 28.7 Å². The first kappa shape index (κ1) is 23.6. The molecule has 0 aromatic rings. The Morgan fingerprint density at radius 2 is 2.13 bits per heavy atom. The normalized spacial score (nSPS) is 35.5. The minimum absolute atomic E-state index is 0.00698. The Morgan fingerprint density at radius 1 is 1.47 bits per heavy atom. The Balaban J connectivity index is 2.10. The van der Waals surface area contributed by atoms with Crippen LogP contribution < -0.4 is 0 Å². The zero-order chi connectivity index (χ0) is 22.4. The van der Waals surface area contributed by atoms with Crippen LogP contribution in [0.4, 0.5) is 0 Å². The molecule has 2 amide bonds. The number of nitrogens with zero attached hydrogens (tertiary/aromatic N) is 2. The molecule has 0 aliphatic carbocycles. The predicted molar refractivity (Wildman–Crippen MR) is 119 cm³/mol. The number of hydrogen-bond acceptors (Lipinski definition) is 6. The maximum absolute atomic E-state index is 13.8. The van der Waals surface area contributed by atoms with Gasteiger partial charge in [0.15, 0.2) is 0 Å². The van der Waals surface area contributed by atoms with Gasteiger partial charge in [0.1, 0.15) is 6.04 Å². The van der Waals surface area contributed by atoms with Gasteiger partial charge in [-0.15, -0.1) is 18.3 Å². The molecule has 3 heterocycles. The summed E-state index contributed by atoms with van der Waals surface area (Å²) >= 11 is 5.28. The van der Waals surface area contributed by atoms with Gasteiger partial charge in [0.2, 0.25) is 11.8 Å². The molecule has 3 rings (SSSR count). The number of hydrogen-bond donors (Lipinski definition) is 1. The first-order chi connectivity index (χ1) is 14.2. The van der Waals surface area contributed by atoms with Crippen LogP contribution >= 0.6 is 27.7 Å². The topological polar surface area (TPSA) is 87.2 Å². The number of carbonyl (C=O) groups is 3. The van der Waals surface area contributed by atoms with Crippen LogP contribution in [0.3, 0.4) is 0 Å². The fourth-order valence-corrected chi connectivity index (χ4v) is 8.85. The summed E-state index contributed by atoms with van der Waals surface area (Å²) in [5.41, 5.74) is 0. The van der Waals surface area contributed by atoms with Gasteiger partial charge in [0, 0.05) is 22.7 Å². The monoisotopic (exact) mass is 502 g/mol. The largest absolute Gasteiger partial charge is 0.466 e. The van der Waals surface area contributed by atoms with Crippen LogP contribution in [-0.2, 0) is 19.1 Å². The molecular weight excluding hydrogens is 472 g/mol. The molecule has 0 radical (unpaired) electrons. The second kappa shape index (κ2) is 8.82. The van der Waals surface area contributed by atoms with Crippen molar-refractivity contribution in [2.24, 2.45) is 11.8 Å². The third kappa shape index (κ3) is 3.41. The van der Waals surface area contributed by atoms with Crippen LogP contribution in [0.1, 0.15) is 34.1 Å². The first-order valence-corrected chi connectivity index (χ1v) is 12.3. The Hall–Kier alpha value is -1.06. The number of halogens is 1. The lowest BCUT2D eigenvalue weighted by Gasteiger charge is -2.40. The molecule has 7 atom stereocenters. The number of amides is 2. The number of rotatable bonds is 8. The molecule has 1 N–H and O–H groups in total. The molecule has 168 valence electrons. The van der Waals surface area contributed by atoms with Crippen molar-refractivity contribution in [2.45, 2.75) is 67.1 Å². The van der Waals surface area contributed by atoms with Crippen LogP contribution in [0.25, 0.3) is 0 Å². The third-order valence-corrected chi connectivity index (χ3v) is 9.71. The lowest BCUT2D eigenvalue weighted by molar-refractivity contribution is -0.154. The van der Waals surface area contributed by atoms with Gasteiger partial charge in [0.25, 0.3) is 0 Å². The number of alkyl halides is 1. The summed E-state index contributed by atoms with van der Waals surface area (Å²) in [5, 5.41) is 9.74. The van der Waals surface area contributed by atoms with E-state index in [9.17, 15) is 19.5 Å². The average Bonchev–Trinajstić information content (AvgIpc) is 3.28. The van der Waals surface area contributed by atoms with Crippen LogP contribution in [0.5, 0.6) is 0 Å². The van der Waals surface area contributed by atoms with Gasteiger partial charge in [0.05, 0.1) is 35.8 Å². The van der Waals surface area contributed by atoms with E-state index in [1.807, 2.05) is 13.8 Å². The van der Waals surface area contributed by atoms with Crippen molar-refractivity contribution in [1.82, 2.24) is 9.80 Å². The minimum Gasteiger partial charge on any atom is -0.466 e. The number of aliphatic hydroxyl groups excluding tert-OH is 1. The number of likely N-dealkylation sites (tertiary alicyclic amines) is 1. The molecule has 2 bridgehead atoms. The first-order valence-electron chi connectivity index (χ1n) is 10.5. The molecular formula is C21H31BrN2O5S. The van der Waals surface area contributed by atoms with E-state index in [1.54, 1.807) is 36.6 Å². The maximum Gasteiger partial charge on any atom is 0.310 e. The summed E-state index contributed by atoms with van der Waals surface area (Å²) in [4.78, 5) is 43.6. The molecule has 30 heavy (non-hydrogen) atoms. The molecule has 0 saturated carbocycles. The van der Waals surface area contributed by atoms with Gasteiger partial charge in [-0.25, -0.2) is 0 Å². The van der Waals surface area contributed by atoms with Crippen molar-refractivity contribution in [3.63, 3.8) is 0 Å². The zero-order valence-corrected chi connectivity index (χ0v) is 20.3. The number of fused-ring (bicyclic) bond motifs is 1. The van der Waals surface area contributed by atoms with E-state index in [0.717, 1.165) is 0 Å². The summed E-state index contributed by atoms with van der Waals surface area (Å²) in [7, 11) is 0. The Morgan fingerprint density at radius 3 is 2.67 bits per heavy atom. The van der Waals surface area contributed by atoms with Gasteiger partial charge in [-0.2, -0.15) is 0 Å². The highest BCUT2D eigenvalue weighted by atomic mass is 79.9. The molecule has 3 aliphatic heterocycles. The summed E-state index contributed by atoms with van der Waals surface area (Å²) in [6.07, 6.45) is 2.29. The molecule has 1 spiro atoms. The Labute approximate surface area is 190 Å². The quantitative estimate of drug-likeness (QED) is 0.309. The second-order valence-corrected chi connectivity index (χ2v) is 11.3. The van der Waals surface area contributed by atoms with Crippen LogP contribution in [0.15, 0.2) is 12.7 Å². The fraction of sp³-hybridized carbons (Fsp3) is 0.762. The number of aliphatic hydroxyl groups is 1. The molecule has 0 aromatic heterocycles. The van der Waals surface area contributed by atoms with E-state index in [1.165, 1.54) is 4.90 Å². The molecule has 7 nitrogen and oxygen atoms in total. The van der Waals surface area contributed by atoms with E-state index in [-0.39, 0.29) is 47.1 Å². The predicted octanol–water partition coefficient (Wildman–Crippen LogP) is 1.82. The number of thioether (sulfide) groups is 1. The fourth-order valence-electron chi connectivity index (χ4n) is 5.27. The number of ether oxygens (including phenoxy) is 1. The van der Waals surface area contributed by atoms with Gasteiger partial charge in [-0.1, -0.05) is 22.0 Å². The molecule has 3 saturated heterocycles. The third-order valence-electron chi connectivity index (χ3n) is 6.49. The highest BCUT2D eigenvalue weighted by Gasteiger charge is 2.76. The van der Waals surface area contributed by atoms with Crippen LogP contribution in [0, 0.1) is 11.8 Å². The number of esters is 1. The highest BCUT2D eigenvalue weighted by molar-refractivity contribution is 9.09. The van der Waals surface area contributed by atoms with Crippen molar-refractivity contribution < 1.29 is 24.2 Å². The van der Waals surface area contributed by atoms with Gasteiger partial charge >= 0.3 is 5.97 Å². The van der Waals surface area contributed by atoms with E-state index in [2.05, 4.69) is 22.5 Å². The van der Waals surface area contributed by atoms with Crippen molar-refractivity contribution in [3.05, 3.63) is 12.7 Å². The van der Waals surface area contributed by atoms with Gasteiger partial charge in [-0.3, -0.25) is 14.4 Å². The molecule has 9 heteroatoms. The van der Waals surface area contributed by atoms with E-state index >= 15 is 0 Å². The standard InChI is InChI=1S/C21H31BrN2O5S/c1-6-8-23(11(3)4)19(27)17-21-9-13(22)16(30-21)14(20(28)29-7-2)15(21)18(26)24(17)12(5)10-25/h6,11-17,25H,1,7-10H2,2-5H3/t12-,13?,14-,15+,16-,17?,21?/m1/s1. The van der Waals surface area contributed by atoms with Crippen molar-refractivity contribution in [2.75, 3.05) is 19.8 Å². The van der Waals surface area contributed by atoms with Crippen LogP contribution in [0.2, 0.25) is 0 Å². The smallest absolute Gasteiger partial charge is 0.310 e. The zero-order valence-electron chi connectivity index (χ0n) is 17.9.